The Bertz CT molecular complexity index is 498. The van der Waals surface area contributed by atoms with E-state index in [-0.39, 0.29) is 5.92 Å². The molecule has 2 saturated carbocycles. The van der Waals surface area contributed by atoms with E-state index in [1.165, 1.54) is 5.56 Å². The number of rotatable bonds is 2. The topological polar surface area (TPSA) is 44.0 Å². The number of hydrogen-bond donors (Lipinski definition) is 1. The van der Waals surface area contributed by atoms with Gasteiger partial charge in [0.05, 0.1) is 17.1 Å². The third-order valence-corrected chi connectivity index (χ3v) is 5.58. The second-order valence-corrected chi connectivity index (χ2v) is 6.53. The molecule has 2 nitrogen and oxygen atoms in total. The second-order valence-electron chi connectivity index (χ2n) is 6.53. The molecule has 1 aromatic rings. The van der Waals surface area contributed by atoms with Crippen molar-refractivity contribution in [1.82, 2.24) is 0 Å². The molecule has 0 saturated heterocycles. The molecular formula is C18H23NO. The van der Waals surface area contributed by atoms with Gasteiger partial charge in [0.25, 0.3) is 0 Å². The third-order valence-electron chi connectivity index (χ3n) is 5.58. The van der Waals surface area contributed by atoms with Crippen LogP contribution in [0.4, 0.5) is 0 Å². The predicted octanol–water partition coefficient (Wildman–Crippen LogP) is 4.16. The average molecular weight is 269 g/mol. The molecule has 2 unspecified atom stereocenters. The quantitative estimate of drug-likeness (QED) is 0.876. The summed E-state index contributed by atoms with van der Waals surface area (Å²) < 4.78 is 0. The molecule has 0 spiro atoms. The van der Waals surface area contributed by atoms with Crippen LogP contribution < -0.4 is 0 Å². The predicted molar refractivity (Wildman–Crippen MR) is 79.1 cm³/mol. The van der Waals surface area contributed by atoms with Crippen LogP contribution in [0.25, 0.3) is 0 Å². The number of benzene rings is 1. The van der Waals surface area contributed by atoms with Crippen LogP contribution in [-0.4, -0.2) is 10.7 Å². The van der Waals surface area contributed by atoms with Crippen LogP contribution in [0.3, 0.4) is 0 Å². The van der Waals surface area contributed by atoms with Gasteiger partial charge in [-0.05, 0) is 31.2 Å². The van der Waals surface area contributed by atoms with E-state index in [0.29, 0.717) is 0 Å². The zero-order chi connectivity index (χ0) is 14.1. The highest BCUT2D eigenvalue weighted by Gasteiger charge is 2.57. The first-order valence-corrected chi connectivity index (χ1v) is 7.90. The Morgan fingerprint density at radius 2 is 1.65 bits per heavy atom. The van der Waals surface area contributed by atoms with Gasteiger partial charge >= 0.3 is 0 Å². The number of aliphatic hydroxyl groups is 1. The van der Waals surface area contributed by atoms with Gasteiger partial charge in [0.15, 0.2) is 0 Å². The largest absolute Gasteiger partial charge is 0.388 e. The fraction of sp³-hybridized carbons (Fsp3) is 0.611. The van der Waals surface area contributed by atoms with Gasteiger partial charge in [0.2, 0.25) is 0 Å². The van der Waals surface area contributed by atoms with Crippen molar-refractivity contribution < 1.29 is 5.11 Å². The van der Waals surface area contributed by atoms with Gasteiger partial charge in [-0.15, -0.1) is 0 Å². The minimum Gasteiger partial charge on any atom is -0.388 e. The Kier molecular flexibility index (Phi) is 3.56. The Morgan fingerprint density at radius 1 is 1.00 bits per heavy atom. The van der Waals surface area contributed by atoms with Crippen molar-refractivity contribution in [2.45, 2.75) is 62.9 Å². The van der Waals surface area contributed by atoms with E-state index < -0.39 is 11.0 Å². The molecular weight excluding hydrogens is 246 g/mol. The van der Waals surface area contributed by atoms with Crippen LogP contribution in [0.15, 0.2) is 30.3 Å². The van der Waals surface area contributed by atoms with Gasteiger partial charge in [0, 0.05) is 5.92 Å². The monoisotopic (exact) mass is 269 g/mol. The van der Waals surface area contributed by atoms with Crippen molar-refractivity contribution >= 4 is 0 Å². The molecule has 106 valence electrons. The minimum atomic E-state index is -0.835. The first-order valence-electron chi connectivity index (χ1n) is 7.90. The Balaban J connectivity index is 2.02. The van der Waals surface area contributed by atoms with Crippen LogP contribution in [0.2, 0.25) is 0 Å². The van der Waals surface area contributed by atoms with E-state index in [0.717, 1.165) is 51.4 Å². The molecule has 2 fully saturated rings. The van der Waals surface area contributed by atoms with Gasteiger partial charge in [-0.1, -0.05) is 56.0 Å². The summed E-state index contributed by atoms with van der Waals surface area (Å²) in [5.74, 6) is 0.121. The summed E-state index contributed by atoms with van der Waals surface area (Å²) in [5, 5.41) is 21.3. The first kappa shape index (κ1) is 13.6. The van der Waals surface area contributed by atoms with E-state index in [1.807, 2.05) is 18.2 Å². The number of nitriles is 1. The summed E-state index contributed by atoms with van der Waals surface area (Å²) in [6.45, 7) is 0. The SMILES string of the molecule is N#CC1(C2(O)CCCCC2c2ccccc2)CCCC1. The maximum atomic E-state index is 11.5. The molecule has 20 heavy (non-hydrogen) atoms. The van der Waals surface area contributed by atoms with Crippen LogP contribution in [0.5, 0.6) is 0 Å². The van der Waals surface area contributed by atoms with E-state index >= 15 is 0 Å². The molecule has 2 heteroatoms. The second kappa shape index (κ2) is 5.22. The molecule has 2 atom stereocenters. The average Bonchev–Trinajstić information content (AvgIpc) is 2.99. The van der Waals surface area contributed by atoms with Crippen LogP contribution >= 0.6 is 0 Å². The molecule has 1 aromatic carbocycles. The molecule has 3 rings (SSSR count). The van der Waals surface area contributed by atoms with Crippen molar-refractivity contribution in [3.63, 3.8) is 0 Å². The maximum absolute atomic E-state index is 11.5. The number of hydrogen-bond acceptors (Lipinski definition) is 2. The van der Waals surface area contributed by atoms with E-state index in [4.69, 9.17) is 0 Å². The molecule has 0 heterocycles. The summed E-state index contributed by atoms with van der Waals surface area (Å²) in [4.78, 5) is 0. The minimum absolute atomic E-state index is 0.121. The Morgan fingerprint density at radius 3 is 2.30 bits per heavy atom. The van der Waals surface area contributed by atoms with Gasteiger partial charge in [0.1, 0.15) is 0 Å². The Labute approximate surface area is 121 Å². The molecule has 0 amide bonds. The summed E-state index contributed by atoms with van der Waals surface area (Å²) >= 11 is 0. The molecule has 0 aromatic heterocycles. The summed E-state index contributed by atoms with van der Waals surface area (Å²) in [6, 6.07) is 12.9. The van der Waals surface area contributed by atoms with E-state index in [2.05, 4.69) is 18.2 Å². The van der Waals surface area contributed by atoms with Crippen LogP contribution in [0, 0.1) is 16.7 Å². The van der Waals surface area contributed by atoms with Gasteiger partial charge in [-0.2, -0.15) is 5.26 Å². The van der Waals surface area contributed by atoms with E-state index in [9.17, 15) is 10.4 Å². The molecule has 2 aliphatic carbocycles. The lowest BCUT2D eigenvalue weighted by Gasteiger charge is -2.49. The van der Waals surface area contributed by atoms with Gasteiger partial charge in [-0.3, -0.25) is 0 Å². The van der Waals surface area contributed by atoms with Crippen molar-refractivity contribution in [1.29, 1.82) is 5.26 Å². The lowest BCUT2D eigenvalue weighted by atomic mass is 9.58. The molecule has 0 bridgehead atoms. The highest BCUT2D eigenvalue weighted by Crippen LogP contribution is 2.56. The van der Waals surface area contributed by atoms with Crippen LogP contribution in [-0.2, 0) is 0 Å². The highest BCUT2D eigenvalue weighted by atomic mass is 16.3. The van der Waals surface area contributed by atoms with Gasteiger partial charge in [-0.25, -0.2) is 0 Å². The number of nitrogens with zero attached hydrogens (tertiary/aromatic N) is 1. The fourth-order valence-corrected chi connectivity index (χ4v) is 4.48. The zero-order valence-corrected chi connectivity index (χ0v) is 12.0. The lowest BCUT2D eigenvalue weighted by Crippen LogP contribution is -2.52. The third kappa shape index (κ3) is 1.96. The summed E-state index contributed by atoms with van der Waals surface area (Å²) in [5.41, 5.74) is -0.151. The Hall–Kier alpha value is -1.33. The fourth-order valence-electron chi connectivity index (χ4n) is 4.48. The van der Waals surface area contributed by atoms with E-state index in [1.54, 1.807) is 0 Å². The lowest BCUT2D eigenvalue weighted by molar-refractivity contribution is -0.0972. The van der Waals surface area contributed by atoms with Crippen molar-refractivity contribution in [2.75, 3.05) is 0 Å². The van der Waals surface area contributed by atoms with Crippen molar-refractivity contribution in [2.24, 2.45) is 5.41 Å². The molecule has 0 aliphatic heterocycles. The standard InChI is InChI=1S/C18H23NO/c19-14-17(11-6-7-12-17)18(20)13-5-4-10-16(18)15-8-2-1-3-9-15/h1-3,8-9,16,20H,4-7,10-13H2. The van der Waals surface area contributed by atoms with Crippen LogP contribution in [0.1, 0.15) is 62.8 Å². The highest BCUT2D eigenvalue weighted by molar-refractivity contribution is 5.29. The normalized spacial score (nSPS) is 32.7. The summed E-state index contributed by atoms with van der Waals surface area (Å²) in [6.07, 6.45) is 7.87. The maximum Gasteiger partial charge on any atom is 0.0901 e. The van der Waals surface area contributed by atoms with Gasteiger partial charge < -0.3 is 5.11 Å². The molecule has 1 N–H and O–H groups in total. The molecule has 0 radical (unpaired) electrons. The van der Waals surface area contributed by atoms with Crippen molar-refractivity contribution in [3.8, 4) is 6.07 Å². The van der Waals surface area contributed by atoms with Crippen molar-refractivity contribution in [3.05, 3.63) is 35.9 Å². The first-order chi connectivity index (χ1) is 9.72. The summed E-state index contributed by atoms with van der Waals surface area (Å²) in [7, 11) is 0. The smallest absolute Gasteiger partial charge is 0.0901 e. The molecule has 2 aliphatic rings. The zero-order valence-electron chi connectivity index (χ0n) is 12.0.